The molecule has 6 nitrogen and oxygen atoms in total. The number of benzene rings is 2. The van der Waals surface area contributed by atoms with E-state index in [0.29, 0.717) is 47.3 Å². The van der Waals surface area contributed by atoms with Gasteiger partial charge in [0.2, 0.25) is 0 Å². The van der Waals surface area contributed by atoms with Gasteiger partial charge in [0.15, 0.2) is 23.0 Å². The number of ether oxygens (including phenoxy) is 4. The van der Waals surface area contributed by atoms with Crippen LogP contribution in [0.2, 0.25) is 0 Å². The normalized spacial score (nSPS) is 10.1. The highest BCUT2D eigenvalue weighted by atomic mass is 16.5. The first-order valence-corrected chi connectivity index (χ1v) is 8.74. The van der Waals surface area contributed by atoms with Gasteiger partial charge in [-0.3, -0.25) is 9.59 Å². The molecule has 6 heteroatoms. The second kappa shape index (κ2) is 10.9. The van der Waals surface area contributed by atoms with Crippen LogP contribution in [0.1, 0.15) is 40.0 Å². The van der Waals surface area contributed by atoms with Gasteiger partial charge in [0, 0.05) is 11.1 Å². The zero-order chi connectivity index (χ0) is 19.5. The molecule has 0 atom stereocenters. The lowest BCUT2D eigenvalue weighted by Crippen LogP contribution is -2.03. The molecule has 0 saturated heterocycles. The van der Waals surface area contributed by atoms with Gasteiger partial charge in [-0.05, 0) is 55.7 Å². The van der Waals surface area contributed by atoms with E-state index in [2.05, 4.69) is 0 Å². The number of carbonyl (C=O) groups excluding carboxylic acids is 2. The second-order valence-corrected chi connectivity index (χ2v) is 5.81. The third kappa shape index (κ3) is 6.02. The molecule has 0 unspecified atom stereocenters. The van der Waals surface area contributed by atoms with Gasteiger partial charge in [-0.15, -0.1) is 0 Å². The maximum atomic E-state index is 10.9. The Bertz CT molecular complexity index is 693. The monoisotopic (exact) mass is 372 g/mol. The highest BCUT2D eigenvalue weighted by Gasteiger charge is 2.07. The van der Waals surface area contributed by atoms with E-state index < -0.39 is 0 Å². The van der Waals surface area contributed by atoms with Crippen LogP contribution in [0.3, 0.4) is 0 Å². The van der Waals surface area contributed by atoms with Gasteiger partial charge in [-0.25, -0.2) is 0 Å². The number of methoxy groups -OCH3 is 2. The number of unbranched alkanes of at least 4 members (excludes halogenated alkanes) is 2. The molecule has 0 radical (unpaired) electrons. The summed E-state index contributed by atoms with van der Waals surface area (Å²) in [6.45, 7) is 1.03. The Morgan fingerprint density at radius 1 is 0.667 bits per heavy atom. The predicted octanol–water partition coefficient (Wildman–Crippen LogP) is 3.96. The number of carbonyl (C=O) groups is 2. The number of hydrogen-bond acceptors (Lipinski definition) is 6. The molecule has 0 aliphatic heterocycles. The van der Waals surface area contributed by atoms with Gasteiger partial charge in [0.1, 0.15) is 12.6 Å². The molecule has 0 saturated carbocycles. The van der Waals surface area contributed by atoms with E-state index in [4.69, 9.17) is 18.9 Å². The third-order valence-electron chi connectivity index (χ3n) is 3.95. The van der Waals surface area contributed by atoms with E-state index in [9.17, 15) is 9.59 Å². The van der Waals surface area contributed by atoms with Crippen molar-refractivity contribution in [2.24, 2.45) is 0 Å². The molecule has 144 valence electrons. The van der Waals surface area contributed by atoms with Crippen LogP contribution in [-0.4, -0.2) is 40.0 Å². The fraction of sp³-hybridized carbons (Fsp3) is 0.333. The highest BCUT2D eigenvalue weighted by molar-refractivity contribution is 5.76. The lowest BCUT2D eigenvalue weighted by atomic mass is 10.2. The van der Waals surface area contributed by atoms with Gasteiger partial charge < -0.3 is 18.9 Å². The lowest BCUT2D eigenvalue weighted by molar-refractivity contribution is 0.111. The van der Waals surface area contributed by atoms with Crippen molar-refractivity contribution in [2.45, 2.75) is 19.3 Å². The van der Waals surface area contributed by atoms with E-state index in [1.807, 2.05) is 0 Å². The minimum absolute atomic E-state index is 0.516. The molecule has 2 rings (SSSR count). The van der Waals surface area contributed by atoms with Gasteiger partial charge >= 0.3 is 0 Å². The Morgan fingerprint density at radius 2 is 1.11 bits per heavy atom. The van der Waals surface area contributed by atoms with Crippen molar-refractivity contribution >= 4 is 12.6 Å². The standard InChI is InChI=1S/C21H24O6/c1-24-18-8-6-16(14-22)12-20(18)26-10-4-3-5-11-27-21-13-17(15-23)7-9-19(21)25-2/h6-9,12-15H,3-5,10-11H2,1-2H3. The maximum Gasteiger partial charge on any atom is 0.161 e. The first kappa shape index (κ1) is 20.3. The predicted molar refractivity (Wildman–Crippen MR) is 102 cm³/mol. The Balaban J connectivity index is 1.73. The summed E-state index contributed by atoms with van der Waals surface area (Å²) in [5.41, 5.74) is 1.09. The van der Waals surface area contributed by atoms with Crippen LogP contribution in [0.25, 0.3) is 0 Å². The molecule has 0 aromatic heterocycles. The summed E-state index contributed by atoms with van der Waals surface area (Å²) in [7, 11) is 3.13. The molecule has 0 aliphatic carbocycles. The summed E-state index contributed by atoms with van der Waals surface area (Å²) in [4.78, 5) is 21.7. The van der Waals surface area contributed by atoms with E-state index >= 15 is 0 Å². The summed E-state index contributed by atoms with van der Waals surface area (Å²) in [6, 6.07) is 10.1. The molecular weight excluding hydrogens is 348 g/mol. The molecule has 0 N–H and O–H groups in total. The number of hydrogen-bond donors (Lipinski definition) is 0. The van der Waals surface area contributed by atoms with Crippen molar-refractivity contribution in [3.8, 4) is 23.0 Å². The highest BCUT2D eigenvalue weighted by Crippen LogP contribution is 2.29. The fourth-order valence-corrected chi connectivity index (χ4v) is 2.50. The van der Waals surface area contributed by atoms with Crippen LogP contribution in [0.15, 0.2) is 36.4 Å². The molecule has 0 bridgehead atoms. The Hall–Kier alpha value is -3.02. The quantitative estimate of drug-likeness (QED) is 0.415. The fourth-order valence-electron chi connectivity index (χ4n) is 2.50. The molecule has 0 amide bonds. The van der Waals surface area contributed by atoms with E-state index in [-0.39, 0.29) is 0 Å². The van der Waals surface area contributed by atoms with Gasteiger partial charge in [-0.1, -0.05) is 0 Å². The van der Waals surface area contributed by atoms with E-state index in [1.165, 1.54) is 0 Å². The van der Waals surface area contributed by atoms with E-state index in [0.717, 1.165) is 31.8 Å². The van der Waals surface area contributed by atoms with Crippen molar-refractivity contribution in [2.75, 3.05) is 27.4 Å². The van der Waals surface area contributed by atoms with Crippen LogP contribution >= 0.6 is 0 Å². The van der Waals surface area contributed by atoms with Crippen molar-refractivity contribution < 1.29 is 28.5 Å². The molecule has 27 heavy (non-hydrogen) atoms. The molecule has 2 aromatic rings. The zero-order valence-electron chi connectivity index (χ0n) is 15.6. The lowest BCUT2D eigenvalue weighted by Gasteiger charge is -2.12. The minimum atomic E-state index is 0.516. The summed E-state index contributed by atoms with van der Waals surface area (Å²) in [5, 5.41) is 0. The average Bonchev–Trinajstić information content (AvgIpc) is 2.72. The van der Waals surface area contributed by atoms with Crippen molar-refractivity contribution in [1.29, 1.82) is 0 Å². The molecular formula is C21H24O6. The number of aldehydes is 2. The minimum Gasteiger partial charge on any atom is -0.493 e. The van der Waals surface area contributed by atoms with Gasteiger partial charge in [0.25, 0.3) is 0 Å². The summed E-state index contributed by atoms with van der Waals surface area (Å²) < 4.78 is 21.9. The van der Waals surface area contributed by atoms with Crippen LogP contribution in [0.5, 0.6) is 23.0 Å². The van der Waals surface area contributed by atoms with Crippen molar-refractivity contribution in [1.82, 2.24) is 0 Å². The average molecular weight is 372 g/mol. The maximum absolute atomic E-state index is 10.9. The van der Waals surface area contributed by atoms with Crippen molar-refractivity contribution in [3.63, 3.8) is 0 Å². The van der Waals surface area contributed by atoms with Crippen LogP contribution < -0.4 is 18.9 Å². The molecule has 0 heterocycles. The topological polar surface area (TPSA) is 71.1 Å². The SMILES string of the molecule is COc1ccc(C=O)cc1OCCCCCOc1cc(C=O)ccc1OC. The Labute approximate surface area is 159 Å². The Morgan fingerprint density at radius 3 is 1.48 bits per heavy atom. The second-order valence-electron chi connectivity index (χ2n) is 5.81. The molecule has 0 fully saturated rings. The molecule has 0 spiro atoms. The van der Waals surface area contributed by atoms with Crippen LogP contribution in [-0.2, 0) is 0 Å². The van der Waals surface area contributed by atoms with Gasteiger partial charge in [-0.2, -0.15) is 0 Å². The largest absolute Gasteiger partial charge is 0.493 e. The van der Waals surface area contributed by atoms with Crippen LogP contribution in [0.4, 0.5) is 0 Å². The number of rotatable bonds is 12. The molecule has 2 aromatic carbocycles. The summed E-state index contributed by atoms with van der Waals surface area (Å²) >= 11 is 0. The molecule has 0 aliphatic rings. The smallest absolute Gasteiger partial charge is 0.161 e. The Kier molecular flexibility index (Phi) is 8.16. The first-order chi connectivity index (χ1) is 13.2. The van der Waals surface area contributed by atoms with E-state index in [1.54, 1.807) is 50.6 Å². The van der Waals surface area contributed by atoms with Gasteiger partial charge in [0.05, 0.1) is 27.4 Å². The zero-order valence-corrected chi connectivity index (χ0v) is 15.6. The van der Waals surface area contributed by atoms with Crippen molar-refractivity contribution in [3.05, 3.63) is 47.5 Å². The first-order valence-electron chi connectivity index (χ1n) is 8.74. The summed E-state index contributed by atoms with van der Waals surface area (Å²) in [5.74, 6) is 2.33. The summed E-state index contributed by atoms with van der Waals surface area (Å²) in [6.07, 6.45) is 4.13. The van der Waals surface area contributed by atoms with Crippen LogP contribution in [0, 0.1) is 0 Å². The third-order valence-corrected chi connectivity index (χ3v) is 3.95.